The molecule has 0 bridgehead atoms. The van der Waals surface area contributed by atoms with Crippen molar-refractivity contribution in [1.29, 1.82) is 0 Å². The predicted octanol–water partition coefficient (Wildman–Crippen LogP) is 12.1. The molecular formula is C63H76N12O3. The molecule has 0 aliphatic heterocycles. The van der Waals surface area contributed by atoms with Gasteiger partial charge in [-0.15, -0.1) is 0 Å². The van der Waals surface area contributed by atoms with Crippen molar-refractivity contribution < 1.29 is 15.5 Å². The molecule has 6 aliphatic rings. The second-order valence-electron chi connectivity index (χ2n) is 22.6. The molecule has 0 amide bonds. The van der Waals surface area contributed by atoms with Crippen LogP contribution in [0.15, 0.2) is 95.7 Å². The molecule has 0 aromatic carbocycles. The molecule has 6 aliphatic carbocycles. The summed E-state index contributed by atoms with van der Waals surface area (Å²) in [5, 5.41) is 18.8. The van der Waals surface area contributed by atoms with Gasteiger partial charge in [-0.2, -0.15) is 15.3 Å². The van der Waals surface area contributed by atoms with Crippen molar-refractivity contribution in [1.82, 2.24) is 49.5 Å². The third kappa shape index (κ3) is 8.74. The number of rotatable bonds is 3. The van der Waals surface area contributed by atoms with Crippen LogP contribution in [0.2, 0.25) is 0 Å². The van der Waals surface area contributed by atoms with Crippen LogP contribution in [-0.4, -0.2) is 67.1 Å². The van der Waals surface area contributed by atoms with Crippen molar-refractivity contribution in [3.63, 3.8) is 0 Å². The van der Waals surface area contributed by atoms with Crippen LogP contribution in [0.1, 0.15) is 142 Å². The van der Waals surface area contributed by atoms with E-state index >= 15 is 0 Å². The summed E-state index contributed by atoms with van der Waals surface area (Å²) in [5.74, 6) is 2.30. The Balaban J connectivity index is 0.000000152. The first-order valence-electron chi connectivity index (χ1n) is 27.5. The number of pyridine rings is 3. The lowest BCUT2D eigenvalue weighted by Crippen LogP contribution is -2.51. The highest BCUT2D eigenvalue weighted by Gasteiger charge is 2.57. The van der Waals surface area contributed by atoms with Gasteiger partial charge in [-0.1, -0.05) is 93.2 Å². The summed E-state index contributed by atoms with van der Waals surface area (Å²) in [6.07, 6.45) is 16.6. The van der Waals surface area contributed by atoms with Gasteiger partial charge in [-0.05, 0) is 99.1 Å². The van der Waals surface area contributed by atoms with Gasteiger partial charge in [-0.25, -0.2) is 11.4 Å². The molecule has 13 rings (SSSR count). The number of allylic oxidation sites excluding steroid dienone is 2. The molecule has 15 heteroatoms. The number of hydrogen-bond donors (Lipinski definition) is 0. The Kier molecular flexibility index (Phi) is 15.0. The maximum absolute atomic E-state index is 12.5. The van der Waals surface area contributed by atoms with E-state index in [1.807, 2.05) is 116 Å². The Labute approximate surface area is 462 Å². The summed E-state index contributed by atoms with van der Waals surface area (Å²) in [6.45, 7) is 27.7. The van der Waals surface area contributed by atoms with Crippen molar-refractivity contribution >= 4 is 11.6 Å². The third-order valence-electron chi connectivity index (χ3n) is 18.5. The fourth-order valence-corrected chi connectivity index (χ4v) is 14.9. The molecule has 0 radical (unpaired) electrons. The summed E-state index contributed by atoms with van der Waals surface area (Å²) >= 11 is 0. The SMILES string of the molecule is C.C.C[C@@H]1c2oncc2C[C@]2(C)c3nn(C)c(-c4ccccn4)c3CC[C@@H]12.[3H]C.[C-]#[N+]C1=C[C@]2(C)c3nn(C)c(-c4ccccn4)c3CC[C@H]2[C@H](C)C1=O.[C-]#[N+]C1C[C@]2(C)c3nn(C)c(-c4ccccn4)c3CC[C@H]2[C@H](C)C1=O. The van der Waals surface area contributed by atoms with Crippen LogP contribution in [0.3, 0.4) is 0 Å². The lowest BCUT2D eigenvalue weighted by atomic mass is 9.55. The normalized spacial score (nSPS) is 27.8. The Morgan fingerprint density at radius 2 is 1.10 bits per heavy atom. The zero-order chi connectivity index (χ0) is 54.7. The van der Waals surface area contributed by atoms with Gasteiger partial charge < -0.3 is 14.2 Å². The largest absolute Gasteiger partial charge is 0.361 e. The Bertz CT molecular complexity index is 3490. The average Bonchev–Trinajstić information content (AvgIpc) is 4.35. The third-order valence-corrected chi connectivity index (χ3v) is 18.5. The van der Waals surface area contributed by atoms with Gasteiger partial charge in [0.15, 0.2) is 5.78 Å². The van der Waals surface area contributed by atoms with Gasteiger partial charge in [0.05, 0.1) is 64.0 Å². The van der Waals surface area contributed by atoms with Crippen LogP contribution < -0.4 is 0 Å². The smallest absolute Gasteiger partial charge is 0.282 e. The Morgan fingerprint density at radius 1 is 0.641 bits per heavy atom. The molecule has 0 N–H and O–H groups in total. The van der Waals surface area contributed by atoms with E-state index in [2.05, 4.69) is 63.6 Å². The van der Waals surface area contributed by atoms with Gasteiger partial charge in [0.2, 0.25) is 11.5 Å². The van der Waals surface area contributed by atoms with Crippen LogP contribution in [0.5, 0.6) is 0 Å². The molecule has 7 heterocycles. The van der Waals surface area contributed by atoms with E-state index in [9.17, 15) is 9.59 Å². The van der Waals surface area contributed by atoms with E-state index in [-0.39, 0.29) is 72.0 Å². The monoisotopic (exact) mass is 1050 g/mol. The lowest BCUT2D eigenvalue weighted by Gasteiger charge is -2.46. The number of ketones is 2. The van der Waals surface area contributed by atoms with Gasteiger partial charge in [0.1, 0.15) is 5.76 Å². The molecule has 1 saturated carbocycles. The first-order valence-corrected chi connectivity index (χ1v) is 26.5. The maximum Gasteiger partial charge on any atom is 0.282 e. The number of fused-ring (bicyclic) bond motifs is 10. The fraction of sp³-hybridized carbons (Fsp3) is 0.476. The van der Waals surface area contributed by atoms with Crippen molar-refractivity contribution in [3.05, 3.63) is 159 Å². The minimum Gasteiger partial charge on any atom is -0.361 e. The summed E-state index contributed by atoms with van der Waals surface area (Å²) in [4.78, 5) is 45.7. The number of hydrogen-bond acceptors (Lipinski definition) is 10. The first kappa shape index (κ1) is 55.1. The maximum atomic E-state index is 12.5. The summed E-state index contributed by atoms with van der Waals surface area (Å²) in [5.41, 5.74) is 14.2. The van der Waals surface area contributed by atoms with Crippen LogP contribution in [0.25, 0.3) is 43.9 Å². The van der Waals surface area contributed by atoms with E-state index in [0.717, 1.165) is 90.6 Å². The van der Waals surface area contributed by atoms with Crippen molar-refractivity contribution in [2.75, 3.05) is 0 Å². The van der Waals surface area contributed by atoms with Crippen molar-refractivity contribution in [2.24, 2.45) is 50.7 Å². The van der Waals surface area contributed by atoms with E-state index in [1.54, 1.807) is 12.4 Å². The molecule has 1 unspecified atom stereocenters. The topological polar surface area (TPSA) is 161 Å². The van der Waals surface area contributed by atoms with Gasteiger partial charge in [0, 0.05) is 104 Å². The molecule has 15 nitrogen and oxygen atoms in total. The molecule has 0 saturated heterocycles. The highest BCUT2D eigenvalue weighted by atomic mass is 16.5. The Morgan fingerprint density at radius 3 is 1.58 bits per heavy atom. The van der Waals surface area contributed by atoms with Crippen LogP contribution in [0.4, 0.5) is 0 Å². The summed E-state index contributed by atoms with van der Waals surface area (Å²) in [7, 11) is 7.19. The van der Waals surface area contributed by atoms with Gasteiger partial charge >= 0.3 is 0 Å². The minimum atomic E-state index is -0.539. The lowest BCUT2D eigenvalue weighted by molar-refractivity contribution is -0.129. The molecular weight excluding hydrogens is 973 g/mol. The number of Topliss-reactive ketones (excluding diaryl/α,β-unsaturated/α-hetero) is 2. The second-order valence-corrected chi connectivity index (χ2v) is 22.6. The van der Waals surface area contributed by atoms with E-state index in [1.165, 1.54) is 41.0 Å². The number of nitrogens with zero attached hydrogens (tertiary/aromatic N) is 12. The molecule has 10 atom stereocenters. The number of aryl methyl sites for hydroxylation is 3. The van der Waals surface area contributed by atoms with Crippen molar-refractivity contribution in [2.45, 2.75) is 143 Å². The molecule has 78 heavy (non-hydrogen) atoms. The molecule has 406 valence electrons. The molecule has 0 spiro atoms. The van der Waals surface area contributed by atoms with E-state index in [4.69, 9.17) is 34.3 Å². The van der Waals surface area contributed by atoms with Crippen LogP contribution in [-0.2, 0) is 72.7 Å². The fourth-order valence-electron chi connectivity index (χ4n) is 14.9. The van der Waals surface area contributed by atoms with E-state index < -0.39 is 6.04 Å². The number of carbonyl (C=O) groups excluding carboxylic acids is 2. The molecule has 7 aromatic rings. The zero-order valence-corrected chi connectivity index (χ0v) is 45.4. The van der Waals surface area contributed by atoms with Gasteiger partial charge in [-0.3, -0.25) is 33.8 Å². The summed E-state index contributed by atoms with van der Waals surface area (Å²) < 4.78 is 17.2. The quantitative estimate of drug-likeness (QED) is 0.156. The first-order chi connectivity index (χ1) is 37.0. The second kappa shape index (κ2) is 21.3. The highest BCUT2D eigenvalue weighted by molar-refractivity contribution is 6.00. The highest BCUT2D eigenvalue weighted by Crippen LogP contribution is 2.56. The van der Waals surface area contributed by atoms with Crippen LogP contribution >= 0.6 is 0 Å². The van der Waals surface area contributed by atoms with E-state index in [0.29, 0.717) is 18.3 Å². The predicted molar refractivity (Wildman–Crippen MR) is 304 cm³/mol. The molecule has 1 fully saturated rings. The van der Waals surface area contributed by atoms with Gasteiger partial charge in [0.25, 0.3) is 6.04 Å². The minimum absolute atomic E-state index is 0. The van der Waals surface area contributed by atoms with Crippen molar-refractivity contribution in [3.8, 4) is 34.2 Å². The standard InChI is InChI=1S/2C20H22N4O.C20H20N4O.3CH4/c1-12-15-8-7-14-17(16-6-4-5-9-21-16)24(3)23-19(14)20(15,2)10-13-11-22-25-18(12)13;2*1-12-14-9-8-13-17(15-7-5-6-10-22-15)24(4)23-19(13)20(14,2)11-16(21-3)18(12)25;;;/h4-6,9,11-12,15H,7-8,10H2,1-3H3;5-7,10,12,14,16H,8-9,11H2,1-2,4H3;5-7,10-12,14H,8-9H2,1-2,4H3;3*1H4/t12-,15-,20-;12-,14-,16?,20-;12-,14-,20-;;;/m000.../s1/i;;;1T;;. The van der Waals surface area contributed by atoms with Crippen LogP contribution in [0, 0.1) is 42.7 Å². The number of aromatic nitrogens is 10. The molecule has 7 aromatic heterocycles. The average molecular weight is 1050 g/mol. The zero-order valence-electron chi connectivity index (χ0n) is 46.4. The number of carbonyl (C=O) groups is 2. The summed E-state index contributed by atoms with van der Waals surface area (Å²) in [6, 6.07) is 17.3. The Hall–Kier alpha value is -7.65.